The number of carbonyl (C=O) groups excluding carboxylic acids is 2. The van der Waals surface area contributed by atoms with Gasteiger partial charge in [-0.25, -0.2) is 0 Å². The Labute approximate surface area is 160 Å². The molecule has 0 aliphatic carbocycles. The van der Waals surface area contributed by atoms with Crippen molar-refractivity contribution < 1.29 is 14.3 Å². The zero-order valence-corrected chi connectivity index (χ0v) is 16.8. The number of rotatable bonds is 7. The SMILES string of the molecule is COc1ccc([C@H]2CCCCN(C(=O)[C@@H](CCSC)NC(C)=O)C2)cc1. The van der Waals surface area contributed by atoms with Crippen LogP contribution in [0.5, 0.6) is 5.75 Å². The molecule has 6 heteroatoms. The second-order valence-electron chi connectivity index (χ2n) is 6.78. The maximum absolute atomic E-state index is 13.1. The quantitative estimate of drug-likeness (QED) is 0.792. The first kappa shape index (κ1) is 20.6. The van der Waals surface area contributed by atoms with E-state index < -0.39 is 6.04 Å². The van der Waals surface area contributed by atoms with Gasteiger partial charge in [0.1, 0.15) is 11.8 Å². The van der Waals surface area contributed by atoms with Gasteiger partial charge in [0.05, 0.1) is 7.11 Å². The van der Waals surface area contributed by atoms with Crippen LogP contribution in [0.3, 0.4) is 0 Å². The van der Waals surface area contributed by atoms with Gasteiger partial charge in [0.2, 0.25) is 11.8 Å². The maximum Gasteiger partial charge on any atom is 0.245 e. The van der Waals surface area contributed by atoms with Gasteiger partial charge in [0.25, 0.3) is 0 Å². The van der Waals surface area contributed by atoms with Gasteiger partial charge < -0.3 is 15.0 Å². The average molecular weight is 379 g/mol. The monoisotopic (exact) mass is 378 g/mol. The molecule has 1 heterocycles. The van der Waals surface area contributed by atoms with Crippen LogP contribution < -0.4 is 10.1 Å². The summed E-state index contributed by atoms with van der Waals surface area (Å²) in [5.41, 5.74) is 1.24. The third kappa shape index (κ3) is 5.94. The number of carbonyl (C=O) groups is 2. The number of nitrogens with zero attached hydrogens (tertiary/aromatic N) is 1. The second-order valence-corrected chi connectivity index (χ2v) is 7.77. The lowest BCUT2D eigenvalue weighted by atomic mass is 9.94. The molecule has 1 aromatic rings. The molecule has 1 aliphatic heterocycles. The molecule has 0 unspecified atom stereocenters. The number of thioether (sulfide) groups is 1. The van der Waals surface area contributed by atoms with Crippen molar-refractivity contribution in [1.29, 1.82) is 0 Å². The smallest absolute Gasteiger partial charge is 0.245 e. The molecule has 0 aromatic heterocycles. The summed E-state index contributed by atoms with van der Waals surface area (Å²) in [6, 6.07) is 7.72. The Morgan fingerprint density at radius 3 is 2.65 bits per heavy atom. The van der Waals surface area contributed by atoms with E-state index in [1.54, 1.807) is 18.9 Å². The number of hydrogen-bond acceptors (Lipinski definition) is 4. The van der Waals surface area contributed by atoms with Crippen LogP contribution in [0.4, 0.5) is 0 Å². The van der Waals surface area contributed by atoms with Crippen LogP contribution in [0.2, 0.25) is 0 Å². The first-order chi connectivity index (χ1) is 12.5. The predicted molar refractivity (Wildman–Crippen MR) is 107 cm³/mol. The molecule has 26 heavy (non-hydrogen) atoms. The number of ether oxygens (including phenoxy) is 1. The van der Waals surface area contributed by atoms with Crippen LogP contribution in [-0.4, -0.2) is 55.0 Å². The summed E-state index contributed by atoms with van der Waals surface area (Å²) in [7, 11) is 1.66. The summed E-state index contributed by atoms with van der Waals surface area (Å²) < 4.78 is 5.24. The minimum atomic E-state index is -0.422. The summed E-state index contributed by atoms with van der Waals surface area (Å²) in [6.45, 7) is 2.95. The number of amides is 2. The number of nitrogens with one attached hydrogen (secondary N) is 1. The van der Waals surface area contributed by atoms with E-state index in [1.807, 2.05) is 23.3 Å². The molecule has 0 bridgehead atoms. The van der Waals surface area contributed by atoms with E-state index in [2.05, 4.69) is 17.4 Å². The van der Waals surface area contributed by atoms with E-state index in [4.69, 9.17) is 4.74 Å². The van der Waals surface area contributed by atoms with E-state index in [0.717, 1.165) is 37.3 Å². The van der Waals surface area contributed by atoms with Crippen molar-refractivity contribution in [3.8, 4) is 5.75 Å². The van der Waals surface area contributed by atoms with Gasteiger partial charge in [-0.05, 0) is 49.0 Å². The fourth-order valence-corrected chi connectivity index (χ4v) is 3.92. The van der Waals surface area contributed by atoms with E-state index in [9.17, 15) is 9.59 Å². The Kier molecular flexibility index (Phi) is 8.29. The molecule has 1 aliphatic rings. The number of benzene rings is 1. The largest absolute Gasteiger partial charge is 0.497 e. The number of likely N-dealkylation sites (tertiary alicyclic amines) is 1. The molecule has 1 fully saturated rings. The van der Waals surface area contributed by atoms with Gasteiger partial charge in [-0.15, -0.1) is 0 Å². The van der Waals surface area contributed by atoms with E-state index >= 15 is 0 Å². The summed E-state index contributed by atoms with van der Waals surface area (Å²) in [6.07, 6.45) is 5.87. The molecule has 5 nitrogen and oxygen atoms in total. The molecule has 1 saturated heterocycles. The zero-order valence-electron chi connectivity index (χ0n) is 16.0. The Morgan fingerprint density at radius 1 is 1.31 bits per heavy atom. The highest BCUT2D eigenvalue weighted by molar-refractivity contribution is 7.98. The first-order valence-corrected chi connectivity index (χ1v) is 10.6. The van der Waals surface area contributed by atoms with Gasteiger partial charge in [-0.1, -0.05) is 18.6 Å². The van der Waals surface area contributed by atoms with Crippen molar-refractivity contribution in [1.82, 2.24) is 10.2 Å². The third-order valence-corrected chi connectivity index (χ3v) is 5.50. The minimum absolute atomic E-state index is 0.0506. The summed E-state index contributed by atoms with van der Waals surface area (Å²) in [5.74, 6) is 1.93. The van der Waals surface area contributed by atoms with Gasteiger partial charge in [-0.2, -0.15) is 11.8 Å². The van der Waals surface area contributed by atoms with Gasteiger partial charge in [0.15, 0.2) is 0 Å². The summed E-state index contributed by atoms with van der Waals surface area (Å²) in [4.78, 5) is 26.5. The first-order valence-electron chi connectivity index (χ1n) is 9.24. The molecule has 0 spiro atoms. The summed E-state index contributed by atoms with van der Waals surface area (Å²) in [5, 5.41) is 2.84. The lowest BCUT2D eigenvalue weighted by Crippen LogP contribution is -2.49. The molecular weight excluding hydrogens is 348 g/mol. The Bertz CT molecular complexity index is 591. The molecule has 2 amide bonds. The number of hydrogen-bond donors (Lipinski definition) is 1. The lowest BCUT2D eigenvalue weighted by Gasteiger charge is -2.29. The molecule has 0 saturated carbocycles. The molecule has 2 rings (SSSR count). The zero-order chi connectivity index (χ0) is 18.9. The maximum atomic E-state index is 13.1. The van der Waals surface area contributed by atoms with Crippen LogP contribution in [-0.2, 0) is 9.59 Å². The second kappa shape index (κ2) is 10.5. The fraction of sp³-hybridized carbons (Fsp3) is 0.600. The molecule has 0 radical (unpaired) electrons. The van der Waals surface area contributed by atoms with Crippen molar-refractivity contribution in [2.24, 2.45) is 0 Å². The molecule has 1 N–H and O–H groups in total. The van der Waals surface area contributed by atoms with Crippen LogP contribution in [0, 0.1) is 0 Å². The van der Waals surface area contributed by atoms with Gasteiger partial charge >= 0.3 is 0 Å². The third-order valence-electron chi connectivity index (χ3n) is 4.86. The van der Waals surface area contributed by atoms with Crippen molar-refractivity contribution in [2.45, 2.75) is 44.6 Å². The van der Waals surface area contributed by atoms with Crippen LogP contribution in [0.1, 0.15) is 44.1 Å². The molecular formula is C20H30N2O3S. The Balaban J connectivity index is 2.10. The van der Waals surface area contributed by atoms with E-state index in [-0.39, 0.29) is 11.8 Å². The van der Waals surface area contributed by atoms with E-state index in [0.29, 0.717) is 18.9 Å². The van der Waals surface area contributed by atoms with Crippen molar-refractivity contribution in [3.05, 3.63) is 29.8 Å². The van der Waals surface area contributed by atoms with E-state index in [1.165, 1.54) is 12.5 Å². The Hall–Kier alpha value is -1.69. The minimum Gasteiger partial charge on any atom is -0.497 e. The molecule has 144 valence electrons. The van der Waals surface area contributed by atoms with Crippen molar-refractivity contribution in [3.63, 3.8) is 0 Å². The van der Waals surface area contributed by atoms with Gasteiger partial charge in [-0.3, -0.25) is 9.59 Å². The predicted octanol–water partition coefficient (Wildman–Crippen LogP) is 3.05. The summed E-state index contributed by atoms with van der Waals surface area (Å²) >= 11 is 1.69. The highest BCUT2D eigenvalue weighted by atomic mass is 32.2. The fourth-order valence-electron chi connectivity index (χ4n) is 3.45. The highest BCUT2D eigenvalue weighted by Crippen LogP contribution is 2.28. The molecule has 1 aromatic carbocycles. The topological polar surface area (TPSA) is 58.6 Å². The molecule has 2 atom stereocenters. The standard InChI is InChI=1S/C20H30N2O3S/c1-15(23)21-19(11-13-26-3)20(24)22-12-5-4-6-17(14-22)16-7-9-18(25-2)10-8-16/h7-10,17,19H,4-6,11-14H2,1-3H3,(H,21,23)/t17-,19+/m0/s1. The van der Waals surface area contributed by atoms with Crippen molar-refractivity contribution in [2.75, 3.05) is 32.2 Å². The van der Waals surface area contributed by atoms with Crippen LogP contribution in [0.25, 0.3) is 0 Å². The normalized spacial score (nSPS) is 18.7. The number of methoxy groups -OCH3 is 1. The highest BCUT2D eigenvalue weighted by Gasteiger charge is 2.28. The average Bonchev–Trinajstić information content (AvgIpc) is 2.90. The Morgan fingerprint density at radius 2 is 2.04 bits per heavy atom. The van der Waals surface area contributed by atoms with Crippen molar-refractivity contribution >= 4 is 23.6 Å². The lowest BCUT2D eigenvalue weighted by molar-refractivity contribution is -0.136. The van der Waals surface area contributed by atoms with Gasteiger partial charge in [0, 0.05) is 25.9 Å². The van der Waals surface area contributed by atoms with Crippen LogP contribution >= 0.6 is 11.8 Å². The van der Waals surface area contributed by atoms with Crippen LogP contribution in [0.15, 0.2) is 24.3 Å².